The summed E-state index contributed by atoms with van der Waals surface area (Å²) in [5.41, 5.74) is 3.30. The zero-order valence-corrected chi connectivity index (χ0v) is 13.5. The number of carbonyl (C=O) groups is 1. The number of anilines is 1. The third kappa shape index (κ3) is 4.71. The summed E-state index contributed by atoms with van der Waals surface area (Å²) >= 11 is 0. The molecule has 0 bridgehead atoms. The van der Waals surface area contributed by atoms with E-state index in [9.17, 15) is 4.79 Å². The molecule has 3 nitrogen and oxygen atoms in total. The van der Waals surface area contributed by atoms with Crippen molar-refractivity contribution in [1.82, 2.24) is 0 Å². The van der Waals surface area contributed by atoms with Crippen LogP contribution in [-0.4, -0.2) is 12.5 Å². The highest BCUT2D eigenvalue weighted by Crippen LogP contribution is 2.16. The Bertz CT molecular complexity index is 591. The normalized spacial score (nSPS) is 12.2. The fraction of sp³-hybridized carbons (Fsp3) is 0.316. The summed E-state index contributed by atoms with van der Waals surface area (Å²) in [5.74, 6) is 0.500. The molecular formula is C19H25N2O+. The first kappa shape index (κ1) is 16.2. The van der Waals surface area contributed by atoms with Crippen LogP contribution in [-0.2, 0) is 4.79 Å². The molecule has 0 radical (unpaired) electrons. The monoisotopic (exact) mass is 297 g/mol. The van der Waals surface area contributed by atoms with Crippen molar-refractivity contribution in [3.05, 3.63) is 65.7 Å². The maximum Gasteiger partial charge on any atom is 0.279 e. The minimum Gasteiger partial charge on any atom is -0.332 e. The van der Waals surface area contributed by atoms with Crippen molar-refractivity contribution < 1.29 is 10.1 Å². The maximum absolute atomic E-state index is 12.1. The van der Waals surface area contributed by atoms with Crippen LogP contribution in [0.4, 0.5) is 5.69 Å². The Labute approximate surface area is 132 Å². The van der Waals surface area contributed by atoms with Gasteiger partial charge < -0.3 is 10.6 Å². The predicted molar refractivity (Wildman–Crippen MR) is 90.6 cm³/mol. The number of hydrogen-bond donors (Lipinski definition) is 2. The second-order valence-electron chi connectivity index (χ2n) is 6.03. The molecule has 0 saturated heterocycles. The number of hydrogen-bond acceptors (Lipinski definition) is 1. The first-order valence-electron chi connectivity index (χ1n) is 7.81. The van der Waals surface area contributed by atoms with Crippen LogP contribution >= 0.6 is 0 Å². The average molecular weight is 297 g/mol. The van der Waals surface area contributed by atoms with Gasteiger partial charge in [-0.05, 0) is 19.1 Å². The number of amides is 1. The third-order valence-corrected chi connectivity index (χ3v) is 3.80. The van der Waals surface area contributed by atoms with Gasteiger partial charge in [0, 0.05) is 17.2 Å². The van der Waals surface area contributed by atoms with Crippen molar-refractivity contribution in [1.29, 1.82) is 0 Å². The molecule has 1 atom stereocenters. The topological polar surface area (TPSA) is 45.7 Å². The minimum absolute atomic E-state index is 0.0328. The summed E-state index contributed by atoms with van der Waals surface area (Å²) in [6, 6.07) is 18.5. The summed E-state index contributed by atoms with van der Waals surface area (Å²) in [6.07, 6.45) is 0. The molecule has 0 aromatic heterocycles. The van der Waals surface area contributed by atoms with Gasteiger partial charge in [-0.2, -0.15) is 0 Å². The fourth-order valence-corrected chi connectivity index (χ4v) is 2.55. The molecule has 2 rings (SSSR count). The largest absolute Gasteiger partial charge is 0.332 e. The van der Waals surface area contributed by atoms with E-state index in [-0.39, 0.29) is 5.91 Å². The number of rotatable bonds is 6. The highest BCUT2D eigenvalue weighted by atomic mass is 16.1. The quantitative estimate of drug-likeness (QED) is 0.846. The second-order valence-corrected chi connectivity index (χ2v) is 6.03. The third-order valence-electron chi connectivity index (χ3n) is 3.80. The van der Waals surface area contributed by atoms with Crippen molar-refractivity contribution in [3.63, 3.8) is 0 Å². The van der Waals surface area contributed by atoms with Gasteiger partial charge in [0.05, 0.1) is 0 Å². The van der Waals surface area contributed by atoms with Gasteiger partial charge in [-0.25, -0.2) is 0 Å². The molecule has 0 aliphatic heterocycles. The van der Waals surface area contributed by atoms with Gasteiger partial charge in [0.1, 0.15) is 6.04 Å². The molecule has 3 heteroatoms. The molecule has 1 amide bonds. The molecule has 0 unspecified atom stereocenters. The minimum atomic E-state index is 0.0328. The van der Waals surface area contributed by atoms with Gasteiger partial charge in [-0.3, -0.25) is 4.79 Å². The van der Waals surface area contributed by atoms with Crippen LogP contribution in [0.15, 0.2) is 54.6 Å². The molecular weight excluding hydrogens is 272 g/mol. The van der Waals surface area contributed by atoms with Crippen molar-refractivity contribution in [2.45, 2.75) is 26.8 Å². The SMILES string of the molecule is Cc1ccc(NC(=O)C[NH2+][C@H](c2ccccc2)C(C)C)cc1. The molecule has 0 aliphatic rings. The lowest BCUT2D eigenvalue weighted by Gasteiger charge is -2.19. The molecule has 0 aliphatic carbocycles. The van der Waals surface area contributed by atoms with E-state index in [1.54, 1.807) is 0 Å². The van der Waals surface area contributed by atoms with Crippen LogP contribution < -0.4 is 10.6 Å². The number of quaternary nitrogens is 1. The summed E-state index contributed by atoms with van der Waals surface area (Å²) < 4.78 is 0. The second kappa shape index (κ2) is 7.76. The summed E-state index contributed by atoms with van der Waals surface area (Å²) in [6.45, 7) is 6.83. The van der Waals surface area contributed by atoms with Gasteiger partial charge in [-0.15, -0.1) is 0 Å². The Kier molecular flexibility index (Phi) is 5.73. The average Bonchev–Trinajstić information content (AvgIpc) is 2.50. The van der Waals surface area contributed by atoms with E-state index in [0.717, 1.165) is 5.69 Å². The van der Waals surface area contributed by atoms with Crippen molar-refractivity contribution in [2.24, 2.45) is 5.92 Å². The Balaban J connectivity index is 1.92. The lowest BCUT2D eigenvalue weighted by atomic mass is 9.96. The van der Waals surface area contributed by atoms with Crippen LogP contribution in [0.3, 0.4) is 0 Å². The van der Waals surface area contributed by atoms with E-state index < -0.39 is 0 Å². The Hall–Kier alpha value is -2.13. The number of carbonyl (C=O) groups excluding carboxylic acids is 1. The fourth-order valence-electron chi connectivity index (χ4n) is 2.55. The highest BCUT2D eigenvalue weighted by molar-refractivity contribution is 5.91. The van der Waals surface area contributed by atoms with Crippen LogP contribution in [0.5, 0.6) is 0 Å². The van der Waals surface area contributed by atoms with E-state index in [0.29, 0.717) is 18.5 Å². The van der Waals surface area contributed by atoms with Crippen molar-refractivity contribution >= 4 is 11.6 Å². The molecule has 116 valence electrons. The zero-order valence-electron chi connectivity index (χ0n) is 13.5. The van der Waals surface area contributed by atoms with E-state index in [4.69, 9.17) is 0 Å². The summed E-state index contributed by atoms with van der Waals surface area (Å²) in [5, 5.41) is 5.06. The zero-order chi connectivity index (χ0) is 15.9. The Morgan fingerprint density at radius 3 is 2.27 bits per heavy atom. The summed E-state index contributed by atoms with van der Waals surface area (Å²) in [7, 11) is 0. The summed E-state index contributed by atoms with van der Waals surface area (Å²) in [4.78, 5) is 12.1. The van der Waals surface area contributed by atoms with E-state index >= 15 is 0 Å². The van der Waals surface area contributed by atoms with E-state index in [2.05, 4.69) is 36.6 Å². The lowest BCUT2D eigenvalue weighted by molar-refractivity contribution is -0.692. The first-order valence-corrected chi connectivity index (χ1v) is 7.81. The van der Waals surface area contributed by atoms with Gasteiger partial charge in [0.2, 0.25) is 0 Å². The molecule has 0 heterocycles. The van der Waals surface area contributed by atoms with Gasteiger partial charge in [0.15, 0.2) is 6.54 Å². The lowest BCUT2D eigenvalue weighted by Crippen LogP contribution is -2.88. The van der Waals surface area contributed by atoms with Crippen molar-refractivity contribution in [2.75, 3.05) is 11.9 Å². The highest BCUT2D eigenvalue weighted by Gasteiger charge is 2.20. The number of aryl methyl sites for hydroxylation is 1. The van der Waals surface area contributed by atoms with E-state index in [1.807, 2.05) is 49.4 Å². The molecule has 0 spiro atoms. The molecule has 0 saturated carbocycles. The molecule has 2 aromatic carbocycles. The Morgan fingerprint density at radius 2 is 1.68 bits per heavy atom. The predicted octanol–water partition coefficient (Wildman–Crippen LogP) is 2.89. The van der Waals surface area contributed by atoms with Crippen molar-refractivity contribution in [3.8, 4) is 0 Å². The molecule has 3 N–H and O–H groups in total. The first-order chi connectivity index (χ1) is 10.6. The van der Waals surface area contributed by atoms with Gasteiger partial charge >= 0.3 is 0 Å². The number of nitrogens with one attached hydrogen (secondary N) is 1. The smallest absolute Gasteiger partial charge is 0.279 e. The maximum atomic E-state index is 12.1. The van der Waals surface area contributed by atoms with Crippen LogP contribution in [0.1, 0.15) is 31.0 Å². The standard InChI is InChI=1S/C19H24N2O/c1-14(2)19(16-7-5-4-6-8-16)20-13-18(22)21-17-11-9-15(3)10-12-17/h4-12,14,19-20H,13H2,1-3H3,(H,21,22)/p+1/t19-/m0/s1. The van der Waals surface area contributed by atoms with Crippen LogP contribution in [0, 0.1) is 12.8 Å². The van der Waals surface area contributed by atoms with Gasteiger partial charge in [0.25, 0.3) is 5.91 Å². The van der Waals surface area contributed by atoms with Gasteiger partial charge in [-0.1, -0.05) is 61.9 Å². The Morgan fingerprint density at radius 1 is 1.05 bits per heavy atom. The number of benzene rings is 2. The number of nitrogens with two attached hydrogens (primary N) is 1. The van der Waals surface area contributed by atoms with Crippen LogP contribution in [0.25, 0.3) is 0 Å². The molecule has 2 aromatic rings. The van der Waals surface area contributed by atoms with Crippen LogP contribution in [0.2, 0.25) is 0 Å². The van der Waals surface area contributed by atoms with E-state index in [1.165, 1.54) is 11.1 Å². The molecule has 0 fully saturated rings. The molecule has 22 heavy (non-hydrogen) atoms.